The third-order valence-corrected chi connectivity index (χ3v) is 4.95. The molecular formula is C19H18F2N6O4. The van der Waals surface area contributed by atoms with Crippen molar-refractivity contribution < 1.29 is 27.9 Å². The van der Waals surface area contributed by atoms with Crippen LogP contribution in [0, 0.1) is 0 Å². The number of rotatable bonds is 5. The first-order valence-corrected chi connectivity index (χ1v) is 9.35. The molecule has 0 bridgehead atoms. The van der Waals surface area contributed by atoms with Gasteiger partial charge in [-0.25, -0.2) is 23.5 Å². The number of hydrogen-bond donors (Lipinski definition) is 1. The molecule has 3 aromatic heterocycles. The molecule has 0 spiro atoms. The number of amides is 1. The second-order valence-electron chi connectivity index (χ2n) is 6.87. The van der Waals surface area contributed by atoms with Gasteiger partial charge in [-0.15, -0.1) is 0 Å². The zero-order chi connectivity index (χ0) is 22.1. The smallest absolute Gasteiger partial charge is 0.339 e. The molecule has 10 nitrogen and oxygen atoms in total. The van der Waals surface area contributed by atoms with Gasteiger partial charge in [0, 0.05) is 33.2 Å². The maximum Gasteiger partial charge on any atom is 0.339 e. The van der Waals surface area contributed by atoms with E-state index >= 15 is 0 Å². The van der Waals surface area contributed by atoms with E-state index in [4.69, 9.17) is 4.42 Å². The molecule has 1 fully saturated rings. The van der Waals surface area contributed by atoms with Gasteiger partial charge in [0.05, 0.1) is 12.5 Å². The Morgan fingerprint density at radius 2 is 1.94 bits per heavy atom. The predicted molar refractivity (Wildman–Crippen MR) is 103 cm³/mol. The monoisotopic (exact) mass is 432 g/mol. The average molecular weight is 432 g/mol. The second-order valence-corrected chi connectivity index (χ2v) is 6.87. The van der Waals surface area contributed by atoms with Crippen molar-refractivity contribution in [2.24, 2.45) is 7.05 Å². The number of carboxylic acids is 1. The molecule has 1 aliphatic heterocycles. The number of alkyl halides is 2. The van der Waals surface area contributed by atoms with Crippen LogP contribution in [-0.2, 0) is 7.05 Å². The van der Waals surface area contributed by atoms with Crippen LogP contribution in [-0.4, -0.2) is 67.8 Å². The van der Waals surface area contributed by atoms with E-state index in [9.17, 15) is 23.5 Å². The Morgan fingerprint density at radius 1 is 1.19 bits per heavy atom. The van der Waals surface area contributed by atoms with Crippen LogP contribution in [0.2, 0.25) is 0 Å². The number of piperazine rings is 1. The number of furan rings is 1. The second kappa shape index (κ2) is 8.13. The summed E-state index contributed by atoms with van der Waals surface area (Å²) in [5.41, 5.74) is -0.372. The number of anilines is 1. The van der Waals surface area contributed by atoms with E-state index < -0.39 is 24.0 Å². The molecule has 4 heterocycles. The zero-order valence-electron chi connectivity index (χ0n) is 16.4. The van der Waals surface area contributed by atoms with Gasteiger partial charge in [-0.2, -0.15) is 5.10 Å². The number of aryl methyl sites for hydroxylation is 1. The first-order chi connectivity index (χ1) is 14.8. The number of aromatic nitrogens is 4. The van der Waals surface area contributed by atoms with Crippen LogP contribution in [0.25, 0.3) is 11.5 Å². The fourth-order valence-corrected chi connectivity index (χ4v) is 3.36. The van der Waals surface area contributed by atoms with E-state index in [2.05, 4.69) is 15.1 Å². The summed E-state index contributed by atoms with van der Waals surface area (Å²) >= 11 is 0. The van der Waals surface area contributed by atoms with Crippen LogP contribution in [0.1, 0.15) is 33.0 Å². The van der Waals surface area contributed by atoms with Gasteiger partial charge in [-0.05, 0) is 18.2 Å². The molecule has 0 saturated carbocycles. The molecule has 0 atom stereocenters. The fourth-order valence-electron chi connectivity index (χ4n) is 3.36. The summed E-state index contributed by atoms with van der Waals surface area (Å²) in [6, 6.07) is 4.43. The standard InChI is InChI=1S/C19H18F2N6O4/c1-25-15(11(10-22-25)18(29)30)17(28)26-4-6-27(7-5-26)19-23-12(14-3-2-8-31-14)9-13(24-19)16(20)21/h2-3,8-10,16H,4-7H2,1H3,(H,29,30). The average Bonchev–Trinajstić information content (AvgIpc) is 3.43. The number of hydrogen-bond acceptors (Lipinski definition) is 7. The maximum atomic E-state index is 13.4. The van der Waals surface area contributed by atoms with E-state index in [1.165, 1.54) is 29.0 Å². The molecule has 1 aliphatic rings. The molecule has 12 heteroatoms. The molecule has 0 radical (unpaired) electrons. The van der Waals surface area contributed by atoms with Gasteiger partial charge in [-0.3, -0.25) is 9.48 Å². The van der Waals surface area contributed by atoms with Gasteiger partial charge >= 0.3 is 5.97 Å². The zero-order valence-corrected chi connectivity index (χ0v) is 16.4. The molecule has 162 valence electrons. The third kappa shape index (κ3) is 3.96. The van der Waals surface area contributed by atoms with Gasteiger partial charge in [0.2, 0.25) is 5.95 Å². The van der Waals surface area contributed by atoms with E-state index in [0.717, 1.165) is 6.20 Å². The summed E-state index contributed by atoms with van der Waals surface area (Å²) in [7, 11) is 1.50. The predicted octanol–water partition coefficient (Wildman–Crippen LogP) is 2.07. The molecule has 4 rings (SSSR count). The van der Waals surface area contributed by atoms with Crippen molar-refractivity contribution >= 4 is 17.8 Å². The van der Waals surface area contributed by atoms with E-state index in [-0.39, 0.29) is 49.1 Å². The minimum atomic E-state index is -2.78. The van der Waals surface area contributed by atoms with Crippen molar-refractivity contribution in [2.75, 3.05) is 31.1 Å². The van der Waals surface area contributed by atoms with Gasteiger partial charge in [0.25, 0.3) is 12.3 Å². The lowest BCUT2D eigenvalue weighted by atomic mass is 10.2. The van der Waals surface area contributed by atoms with Crippen molar-refractivity contribution in [3.8, 4) is 11.5 Å². The van der Waals surface area contributed by atoms with E-state index in [0.29, 0.717) is 5.76 Å². The summed E-state index contributed by atoms with van der Waals surface area (Å²) in [6.45, 7) is 1.05. The van der Waals surface area contributed by atoms with Crippen molar-refractivity contribution in [3.05, 3.63) is 47.6 Å². The minimum absolute atomic E-state index is 0.0167. The van der Waals surface area contributed by atoms with Crippen LogP contribution in [0.3, 0.4) is 0 Å². The first kappa shape index (κ1) is 20.4. The Bertz CT molecular complexity index is 1110. The lowest BCUT2D eigenvalue weighted by molar-refractivity contribution is 0.0669. The minimum Gasteiger partial charge on any atom is -0.478 e. The maximum absolute atomic E-state index is 13.4. The highest BCUT2D eigenvalue weighted by molar-refractivity contribution is 6.03. The molecule has 0 aliphatic carbocycles. The Labute approximate surface area is 174 Å². The van der Waals surface area contributed by atoms with E-state index in [1.54, 1.807) is 17.0 Å². The highest BCUT2D eigenvalue weighted by Crippen LogP contribution is 2.26. The largest absolute Gasteiger partial charge is 0.478 e. The Hall–Kier alpha value is -3.83. The van der Waals surface area contributed by atoms with Gasteiger partial charge < -0.3 is 19.3 Å². The van der Waals surface area contributed by atoms with Crippen molar-refractivity contribution in [1.82, 2.24) is 24.6 Å². The van der Waals surface area contributed by atoms with E-state index in [1.807, 2.05) is 0 Å². The Morgan fingerprint density at radius 3 is 2.55 bits per heavy atom. The SMILES string of the molecule is Cn1ncc(C(=O)O)c1C(=O)N1CCN(c2nc(-c3ccco3)cc(C(F)F)n2)CC1. The fraction of sp³-hybridized carbons (Fsp3) is 0.316. The highest BCUT2D eigenvalue weighted by atomic mass is 19.3. The van der Waals surface area contributed by atoms with Crippen LogP contribution in [0.5, 0.6) is 0 Å². The molecule has 1 N–H and O–H groups in total. The van der Waals surface area contributed by atoms with Crippen LogP contribution in [0.4, 0.5) is 14.7 Å². The van der Waals surface area contributed by atoms with Crippen LogP contribution in [0.15, 0.2) is 35.1 Å². The first-order valence-electron chi connectivity index (χ1n) is 9.35. The lowest BCUT2D eigenvalue weighted by Gasteiger charge is -2.35. The number of carbonyl (C=O) groups excluding carboxylic acids is 1. The number of halogens is 2. The highest BCUT2D eigenvalue weighted by Gasteiger charge is 2.30. The summed E-state index contributed by atoms with van der Waals surface area (Å²) in [5.74, 6) is -1.24. The summed E-state index contributed by atoms with van der Waals surface area (Å²) in [6.07, 6.45) is -0.225. The number of carbonyl (C=O) groups is 2. The van der Waals surface area contributed by atoms with Crippen LogP contribution < -0.4 is 4.90 Å². The number of carboxylic acid groups (broad SMARTS) is 1. The Kier molecular flexibility index (Phi) is 5.36. The molecule has 31 heavy (non-hydrogen) atoms. The van der Waals surface area contributed by atoms with Gasteiger partial charge in [-0.1, -0.05) is 0 Å². The molecule has 3 aromatic rings. The van der Waals surface area contributed by atoms with Crippen LogP contribution >= 0.6 is 0 Å². The van der Waals surface area contributed by atoms with Gasteiger partial charge in [0.15, 0.2) is 5.76 Å². The number of nitrogens with zero attached hydrogens (tertiary/aromatic N) is 6. The lowest BCUT2D eigenvalue weighted by Crippen LogP contribution is -2.50. The molecule has 0 aromatic carbocycles. The molecule has 1 amide bonds. The summed E-state index contributed by atoms with van der Waals surface area (Å²) < 4.78 is 33.2. The quantitative estimate of drug-likeness (QED) is 0.651. The van der Waals surface area contributed by atoms with Crippen molar-refractivity contribution in [2.45, 2.75) is 6.43 Å². The summed E-state index contributed by atoms with van der Waals surface area (Å²) in [5, 5.41) is 13.1. The molecular weight excluding hydrogens is 414 g/mol. The summed E-state index contributed by atoms with van der Waals surface area (Å²) in [4.78, 5) is 35.7. The molecule has 0 unspecified atom stereocenters. The topological polar surface area (TPSA) is 118 Å². The normalized spacial score (nSPS) is 14.3. The molecule has 1 saturated heterocycles. The third-order valence-electron chi connectivity index (χ3n) is 4.95. The van der Waals surface area contributed by atoms with Crippen molar-refractivity contribution in [3.63, 3.8) is 0 Å². The van der Waals surface area contributed by atoms with Crippen molar-refractivity contribution in [1.29, 1.82) is 0 Å². The van der Waals surface area contributed by atoms with Gasteiger partial charge in [0.1, 0.15) is 22.6 Å². The number of aromatic carboxylic acids is 1. The Balaban J connectivity index is 1.53.